The summed E-state index contributed by atoms with van der Waals surface area (Å²) in [5.74, 6) is -0.223. The summed E-state index contributed by atoms with van der Waals surface area (Å²) >= 11 is 1.77. The smallest absolute Gasteiger partial charge is 0.264 e. The Bertz CT molecular complexity index is 795. The Morgan fingerprint density at radius 1 is 1.00 bits per heavy atom. The molecule has 122 valence electrons. The van der Waals surface area contributed by atoms with Crippen molar-refractivity contribution in [2.45, 2.75) is 30.1 Å². The van der Waals surface area contributed by atoms with Crippen LogP contribution in [0.3, 0.4) is 0 Å². The third kappa shape index (κ3) is 3.39. The summed E-state index contributed by atoms with van der Waals surface area (Å²) in [5, 5.41) is 0. The van der Waals surface area contributed by atoms with E-state index < -0.39 is 10.1 Å². The van der Waals surface area contributed by atoms with Crippen LogP contribution in [0.15, 0.2) is 46.2 Å². The average Bonchev–Trinajstić information content (AvgIpc) is 2.47. The third-order valence-corrected chi connectivity index (χ3v) is 6.23. The Morgan fingerprint density at radius 3 is 2.00 bits per heavy atom. The maximum Gasteiger partial charge on any atom is 0.264 e. The standard InChI is InChI=1S/C17H19NO3S2/c1-12-6-3-8-14-16(12)22-17-13(2)7-4-9-15(17)18(14)10-5-11-23(19,20)21/h3-4,6-9H,5,10-11H2,1-2H3,(H,19,20,21). The lowest BCUT2D eigenvalue weighted by atomic mass is 10.1. The fraction of sp³-hybridized carbons (Fsp3) is 0.294. The number of nitrogens with zero attached hydrogens (tertiary/aromatic N) is 1. The highest BCUT2D eigenvalue weighted by molar-refractivity contribution is 7.99. The zero-order chi connectivity index (χ0) is 16.6. The minimum Gasteiger partial charge on any atom is -0.340 e. The van der Waals surface area contributed by atoms with Crippen molar-refractivity contribution in [3.8, 4) is 0 Å². The van der Waals surface area contributed by atoms with Gasteiger partial charge < -0.3 is 4.90 Å². The molecule has 0 spiro atoms. The Morgan fingerprint density at radius 2 is 1.52 bits per heavy atom. The van der Waals surface area contributed by atoms with E-state index in [1.54, 1.807) is 11.8 Å². The Kier molecular flexibility index (Phi) is 4.40. The molecule has 1 heterocycles. The number of hydrogen-bond donors (Lipinski definition) is 1. The molecule has 23 heavy (non-hydrogen) atoms. The highest BCUT2D eigenvalue weighted by atomic mass is 32.2. The second-order valence-corrected chi connectivity index (χ2v) is 8.33. The van der Waals surface area contributed by atoms with Gasteiger partial charge in [-0.15, -0.1) is 0 Å². The molecule has 0 unspecified atom stereocenters. The van der Waals surface area contributed by atoms with Crippen LogP contribution in [0.2, 0.25) is 0 Å². The molecule has 1 aliphatic rings. The predicted octanol–water partition coefficient (Wildman–Crippen LogP) is 4.18. The van der Waals surface area contributed by atoms with E-state index in [0.29, 0.717) is 13.0 Å². The first-order valence-electron chi connectivity index (χ1n) is 7.46. The minimum atomic E-state index is -3.93. The molecule has 0 radical (unpaired) electrons. The molecule has 0 fully saturated rings. The molecule has 0 atom stereocenters. The van der Waals surface area contributed by atoms with Crippen LogP contribution in [0.1, 0.15) is 17.5 Å². The second kappa shape index (κ2) is 6.19. The lowest BCUT2D eigenvalue weighted by molar-refractivity contribution is 0.481. The minimum absolute atomic E-state index is 0.223. The van der Waals surface area contributed by atoms with E-state index in [0.717, 1.165) is 11.4 Å². The number of benzene rings is 2. The summed E-state index contributed by atoms with van der Waals surface area (Å²) in [6.45, 7) is 4.73. The molecule has 0 saturated heterocycles. The predicted molar refractivity (Wildman–Crippen MR) is 94.5 cm³/mol. The van der Waals surface area contributed by atoms with Gasteiger partial charge in [-0.2, -0.15) is 8.42 Å². The second-order valence-electron chi connectivity index (χ2n) is 5.74. The summed E-state index contributed by atoms with van der Waals surface area (Å²) in [6.07, 6.45) is 0.379. The van der Waals surface area contributed by atoms with Crippen LogP contribution < -0.4 is 4.90 Å². The number of anilines is 2. The topological polar surface area (TPSA) is 57.6 Å². The van der Waals surface area contributed by atoms with Crippen LogP contribution in [0.4, 0.5) is 11.4 Å². The van der Waals surface area contributed by atoms with Gasteiger partial charge in [0.2, 0.25) is 0 Å². The van der Waals surface area contributed by atoms with Crippen LogP contribution in [0.5, 0.6) is 0 Å². The maximum atomic E-state index is 11.0. The van der Waals surface area contributed by atoms with Crippen LogP contribution in [-0.2, 0) is 10.1 Å². The van der Waals surface area contributed by atoms with Crippen LogP contribution in [0.25, 0.3) is 0 Å². The molecule has 1 aliphatic heterocycles. The van der Waals surface area contributed by atoms with E-state index in [4.69, 9.17) is 4.55 Å². The zero-order valence-electron chi connectivity index (χ0n) is 13.1. The quantitative estimate of drug-likeness (QED) is 0.839. The van der Waals surface area contributed by atoms with E-state index in [1.807, 2.05) is 12.1 Å². The molecule has 2 aromatic carbocycles. The Balaban J connectivity index is 2.01. The number of rotatable bonds is 4. The molecular formula is C17H19NO3S2. The van der Waals surface area contributed by atoms with Crippen LogP contribution in [-0.4, -0.2) is 25.3 Å². The van der Waals surface area contributed by atoms with E-state index >= 15 is 0 Å². The van der Waals surface area contributed by atoms with Gasteiger partial charge in [-0.05, 0) is 43.5 Å². The molecule has 6 heteroatoms. The third-order valence-electron chi connectivity index (χ3n) is 3.95. The Labute approximate surface area is 141 Å². The molecule has 0 amide bonds. The Hall–Kier alpha value is -1.50. The molecule has 2 aromatic rings. The molecule has 0 aliphatic carbocycles. The lowest BCUT2D eigenvalue weighted by Crippen LogP contribution is -2.24. The fourth-order valence-corrected chi connectivity index (χ4v) is 4.56. The summed E-state index contributed by atoms with van der Waals surface area (Å²) in [6, 6.07) is 12.3. The van der Waals surface area contributed by atoms with Crippen molar-refractivity contribution >= 4 is 33.3 Å². The fourth-order valence-electron chi connectivity index (χ4n) is 2.84. The largest absolute Gasteiger partial charge is 0.340 e. The molecular weight excluding hydrogens is 330 g/mol. The van der Waals surface area contributed by atoms with E-state index in [1.165, 1.54) is 20.9 Å². The first-order chi connectivity index (χ1) is 10.9. The summed E-state index contributed by atoms with van der Waals surface area (Å²) in [4.78, 5) is 4.58. The first-order valence-corrected chi connectivity index (χ1v) is 9.89. The molecule has 0 bridgehead atoms. The van der Waals surface area contributed by atoms with Crippen molar-refractivity contribution in [3.63, 3.8) is 0 Å². The van der Waals surface area contributed by atoms with Crippen molar-refractivity contribution in [1.29, 1.82) is 0 Å². The van der Waals surface area contributed by atoms with E-state index in [2.05, 4.69) is 43.0 Å². The first kappa shape index (κ1) is 16.4. The molecule has 1 N–H and O–H groups in total. The maximum absolute atomic E-state index is 11.0. The molecule has 0 aromatic heterocycles. The van der Waals surface area contributed by atoms with Crippen molar-refractivity contribution in [2.75, 3.05) is 17.2 Å². The highest BCUT2D eigenvalue weighted by Gasteiger charge is 2.25. The summed E-state index contributed by atoms with van der Waals surface area (Å²) in [5.41, 5.74) is 4.62. The number of aryl methyl sites for hydroxylation is 2. The van der Waals surface area contributed by atoms with Crippen LogP contribution in [0, 0.1) is 13.8 Å². The van der Waals surface area contributed by atoms with Gasteiger partial charge in [-0.1, -0.05) is 36.0 Å². The summed E-state index contributed by atoms with van der Waals surface area (Å²) < 4.78 is 31.0. The van der Waals surface area contributed by atoms with E-state index in [-0.39, 0.29) is 5.75 Å². The lowest BCUT2D eigenvalue weighted by Gasteiger charge is -2.34. The van der Waals surface area contributed by atoms with Gasteiger partial charge in [-0.25, -0.2) is 0 Å². The van der Waals surface area contributed by atoms with Gasteiger partial charge in [-0.3, -0.25) is 4.55 Å². The highest BCUT2D eigenvalue weighted by Crippen LogP contribution is 2.50. The van der Waals surface area contributed by atoms with Gasteiger partial charge in [0.05, 0.1) is 17.1 Å². The van der Waals surface area contributed by atoms with Crippen LogP contribution >= 0.6 is 11.8 Å². The van der Waals surface area contributed by atoms with Gasteiger partial charge >= 0.3 is 0 Å². The number of hydrogen-bond acceptors (Lipinski definition) is 4. The normalized spacial score (nSPS) is 13.6. The zero-order valence-corrected chi connectivity index (χ0v) is 14.7. The van der Waals surface area contributed by atoms with Crippen molar-refractivity contribution < 1.29 is 13.0 Å². The van der Waals surface area contributed by atoms with Gasteiger partial charge in [0, 0.05) is 16.3 Å². The van der Waals surface area contributed by atoms with Crippen molar-refractivity contribution in [2.24, 2.45) is 0 Å². The van der Waals surface area contributed by atoms with Gasteiger partial charge in [0.25, 0.3) is 10.1 Å². The molecule has 0 saturated carbocycles. The average molecular weight is 349 g/mol. The van der Waals surface area contributed by atoms with Gasteiger partial charge in [0.1, 0.15) is 0 Å². The monoisotopic (exact) mass is 349 g/mol. The van der Waals surface area contributed by atoms with E-state index in [9.17, 15) is 8.42 Å². The number of fused-ring (bicyclic) bond motifs is 2. The SMILES string of the molecule is Cc1cccc2c1Sc1c(C)cccc1N2CCCS(=O)(=O)O. The van der Waals surface area contributed by atoms with Crippen molar-refractivity contribution in [3.05, 3.63) is 47.5 Å². The molecule has 3 rings (SSSR count). The van der Waals surface area contributed by atoms with Crippen molar-refractivity contribution in [1.82, 2.24) is 0 Å². The summed E-state index contributed by atoms with van der Waals surface area (Å²) in [7, 11) is -3.93. The molecule has 4 nitrogen and oxygen atoms in total. The van der Waals surface area contributed by atoms with Gasteiger partial charge in [0.15, 0.2) is 0 Å².